The van der Waals surface area contributed by atoms with Crippen LogP contribution in [0.25, 0.3) is 0 Å². The van der Waals surface area contributed by atoms with Crippen molar-refractivity contribution in [3.8, 4) is 12.1 Å². The van der Waals surface area contributed by atoms with Crippen LogP contribution in [0.5, 0.6) is 0 Å². The summed E-state index contributed by atoms with van der Waals surface area (Å²) in [5, 5.41) is 15.9. The molecule has 1 rings (SSSR count). The zero-order valence-electron chi connectivity index (χ0n) is 7.07. The van der Waals surface area contributed by atoms with Crippen molar-refractivity contribution < 1.29 is 0 Å². The number of rotatable bonds is 2. The maximum absolute atomic E-state index is 7.26. The molecule has 66 valence electrons. The van der Waals surface area contributed by atoms with Crippen molar-refractivity contribution in [2.45, 2.75) is 0 Å². The molecule has 4 heteroatoms. The molecule has 0 aliphatic rings. The lowest BCUT2D eigenvalue weighted by Gasteiger charge is -1.94. The molecule has 0 spiro atoms. The number of nitrogens with two attached hydrogens (primary N) is 1. The van der Waals surface area contributed by atoms with Gasteiger partial charge in [-0.25, -0.2) is 0 Å². The van der Waals surface area contributed by atoms with Gasteiger partial charge in [-0.3, -0.25) is 0 Å². The van der Waals surface area contributed by atoms with Gasteiger partial charge in [-0.05, 0) is 5.30 Å². The average Bonchev–Trinajstić information content (AvgIpc) is 2.20. The average molecular weight is 191 g/mol. The number of hydrogen-bond donors (Lipinski definition) is 1. The summed E-state index contributed by atoms with van der Waals surface area (Å²) in [5.41, 5.74) is 5.37. The standard InChI is InChI=1S/C7H10NP.C2N2/c8-6-9-7-4-2-1-3-5-7;3-1-2-4/h1-5,9H,6,8H2;. The Morgan fingerprint density at radius 1 is 1.15 bits per heavy atom. The van der Waals surface area contributed by atoms with Gasteiger partial charge in [0.2, 0.25) is 0 Å². The molecule has 1 atom stereocenters. The SMILES string of the molecule is N#CC#N.NCPc1ccccc1. The number of nitrogens with zero attached hydrogens (tertiary/aromatic N) is 2. The van der Waals surface area contributed by atoms with Crippen LogP contribution in [0.1, 0.15) is 0 Å². The Hall–Kier alpha value is -1.41. The fourth-order valence-electron chi connectivity index (χ4n) is 0.674. The van der Waals surface area contributed by atoms with Crippen LogP contribution >= 0.6 is 8.58 Å². The van der Waals surface area contributed by atoms with E-state index in [0.29, 0.717) is 0 Å². The Bertz CT molecular complexity index is 285. The molecular formula is C9H10N3P. The Morgan fingerprint density at radius 2 is 1.69 bits per heavy atom. The third-order valence-corrected chi connectivity index (χ3v) is 2.08. The second-order valence-corrected chi connectivity index (χ2v) is 3.31. The van der Waals surface area contributed by atoms with Crippen LogP contribution in [0.15, 0.2) is 30.3 Å². The van der Waals surface area contributed by atoms with Crippen molar-refractivity contribution in [3.63, 3.8) is 0 Å². The molecule has 0 heterocycles. The van der Waals surface area contributed by atoms with Gasteiger partial charge in [0.1, 0.15) is 0 Å². The molecule has 0 amide bonds. The Morgan fingerprint density at radius 3 is 2.08 bits per heavy atom. The fraction of sp³-hybridized carbons (Fsp3) is 0.111. The van der Waals surface area contributed by atoms with Crippen LogP contribution in [-0.2, 0) is 0 Å². The number of nitriles is 2. The zero-order chi connectivity index (χ0) is 9.94. The van der Waals surface area contributed by atoms with Crippen LogP contribution in [0.2, 0.25) is 0 Å². The van der Waals surface area contributed by atoms with Gasteiger partial charge in [0.25, 0.3) is 0 Å². The van der Waals surface area contributed by atoms with E-state index in [9.17, 15) is 0 Å². The molecule has 13 heavy (non-hydrogen) atoms. The van der Waals surface area contributed by atoms with Crippen LogP contribution in [0.4, 0.5) is 0 Å². The van der Waals surface area contributed by atoms with Crippen molar-refractivity contribution in [2.75, 3.05) is 6.29 Å². The second kappa shape index (κ2) is 8.68. The highest BCUT2D eigenvalue weighted by atomic mass is 31.1. The lowest BCUT2D eigenvalue weighted by molar-refractivity contribution is 1.40. The minimum atomic E-state index is 0.765. The van der Waals surface area contributed by atoms with Gasteiger partial charge in [0.15, 0.2) is 12.1 Å². The first-order valence-electron chi connectivity index (χ1n) is 3.62. The first kappa shape index (κ1) is 11.6. The van der Waals surface area contributed by atoms with E-state index in [4.69, 9.17) is 16.3 Å². The van der Waals surface area contributed by atoms with Crippen molar-refractivity contribution in [3.05, 3.63) is 30.3 Å². The summed E-state index contributed by atoms with van der Waals surface area (Å²) in [6.07, 6.45) is 0.768. The quantitative estimate of drug-likeness (QED) is 0.707. The van der Waals surface area contributed by atoms with Gasteiger partial charge in [-0.2, -0.15) is 10.5 Å². The highest BCUT2D eigenvalue weighted by Gasteiger charge is 1.84. The summed E-state index contributed by atoms with van der Waals surface area (Å²) in [6.45, 7) is 0. The molecule has 0 radical (unpaired) electrons. The smallest absolute Gasteiger partial charge is 0.181 e. The third-order valence-electron chi connectivity index (χ3n) is 1.13. The number of hydrogen-bond acceptors (Lipinski definition) is 3. The van der Waals surface area contributed by atoms with E-state index in [1.807, 2.05) is 18.2 Å². The molecule has 0 aromatic heterocycles. The van der Waals surface area contributed by atoms with E-state index >= 15 is 0 Å². The molecule has 0 saturated heterocycles. The van der Waals surface area contributed by atoms with E-state index in [1.54, 1.807) is 0 Å². The highest BCUT2D eigenvalue weighted by molar-refractivity contribution is 7.47. The molecule has 1 unspecified atom stereocenters. The van der Waals surface area contributed by atoms with Gasteiger partial charge < -0.3 is 5.73 Å². The Balaban J connectivity index is 0.000000310. The van der Waals surface area contributed by atoms with Crippen LogP contribution < -0.4 is 11.0 Å². The van der Waals surface area contributed by atoms with Crippen molar-refractivity contribution >= 4 is 13.9 Å². The van der Waals surface area contributed by atoms with Gasteiger partial charge in [0, 0.05) is 6.29 Å². The zero-order valence-corrected chi connectivity index (χ0v) is 8.07. The maximum atomic E-state index is 7.26. The first-order valence-corrected chi connectivity index (χ1v) is 4.83. The van der Waals surface area contributed by atoms with Gasteiger partial charge in [-0.1, -0.05) is 38.9 Å². The van der Waals surface area contributed by atoms with Crippen LogP contribution in [0, 0.1) is 22.7 Å². The minimum absolute atomic E-state index is 0.765. The summed E-state index contributed by atoms with van der Waals surface area (Å²) < 4.78 is 0. The van der Waals surface area contributed by atoms with E-state index < -0.39 is 0 Å². The second-order valence-electron chi connectivity index (χ2n) is 1.97. The molecule has 0 aliphatic heterocycles. The lowest BCUT2D eigenvalue weighted by atomic mass is 10.4. The molecule has 1 aromatic carbocycles. The normalized spacial score (nSPS) is 8.23. The predicted octanol–water partition coefficient (Wildman–Crippen LogP) is 0.940. The van der Waals surface area contributed by atoms with Crippen molar-refractivity contribution in [1.29, 1.82) is 10.5 Å². The van der Waals surface area contributed by atoms with Gasteiger partial charge in [0.05, 0.1) is 0 Å². The minimum Gasteiger partial charge on any atom is -0.327 e. The fourth-order valence-corrected chi connectivity index (χ4v) is 1.34. The molecule has 2 N–H and O–H groups in total. The molecule has 0 fully saturated rings. The molecule has 0 aliphatic carbocycles. The molecule has 0 saturated carbocycles. The summed E-state index contributed by atoms with van der Waals surface area (Å²) in [5.74, 6) is 0. The summed E-state index contributed by atoms with van der Waals surface area (Å²) >= 11 is 0. The molecule has 1 aromatic rings. The maximum Gasteiger partial charge on any atom is 0.181 e. The van der Waals surface area contributed by atoms with E-state index in [0.717, 1.165) is 14.9 Å². The Labute approximate surface area is 79.6 Å². The van der Waals surface area contributed by atoms with Crippen molar-refractivity contribution in [2.24, 2.45) is 5.73 Å². The largest absolute Gasteiger partial charge is 0.327 e. The first-order chi connectivity index (χ1) is 6.35. The molecule has 0 bridgehead atoms. The highest BCUT2D eigenvalue weighted by Crippen LogP contribution is 2.04. The molecular weight excluding hydrogens is 181 g/mol. The Kier molecular flexibility index (Phi) is 7.74. The summed E-state index contributed by atoms with van der Waals surface area (Å²) in [6, 6.07) is 12.8. The van der Waals surface area contributed by atoms with Crippen LogP contribution in [0.3, 0.4) is 0 Å². The van der Waals surface area contributed by atoms with E-state index in [-0.39, 0.29) is 0 Å². The van der Waals surface area contributed by atoms with Gasteiger partial charge >= 0.3 is 0 Å². The lowest BCUT2D eigenvalue weighted by Crippen LogP contribution is -1.99. The monoisotopic (exact) mass is 191 g/mol. The summed E-state index contributed by atoms with van der Waals surface area (Å²) in [7, 11) is 0.765. The van der Waals surface area contributed by atoms with E-state index in [2.05, 4.69) is 12.1 Å². The predicted molar refractivity (Wildman–Crippen MR) is 54.7 cm³/mol. The van der Waals surface area contributed by atoms with Crippen LogP contribution in [-0.4, -0.2) is 6.29 Å². The number of benzene rings is 1. The third kappa shape index (κ3) is 6.97. The molecule has 3 nitrogen and oxygen atoms in total. The van der Waals surface area contributed by atoms with E-state index in [1.165, 1.54) is 17.4 Å². The van der Waals surface area contributed by atoms with Gasteiger partial charge in [-0.15, -0.1) is 0 Å². The van der Waals surface area contributed by atoms with Crippen molar-refractivity contribution in [1.82, 2.24) is 0 Å². The summed E-state index contributed by atoms with van der Waals surface area (Å²) in [4.78, 5) is 0. The topological polar surface area (TPSA) is 73.6 Å².